The number of aromatic nitrogens is 1. The number of hydrogen-bond donors (Lipinski definition) is 2. The van der Waals surface area contributed by atoms with Crippen LogP contribution in [-0.2, 0) is 6.54 Å². The predicted octanol–water partition coefficient (Wildman–Crippen LogP) is 2.38. The number of nitrogens with one attached hydrogen (secondary N) is 2. The lowest BCUT2D eigenvalue weighted by Gasteiger charge is -2.11. The average molecular weight is 418 g/mol. The molecule has 0 spiro atoms. The maximum atomic E-state index is 11.6. The first-order valence-corrected chi connectivity index (χ1v) is 7.56. The highest BCUT2D eigenvalue weighted by atomic mass is 127. The molecule has 0 saturated carbocycles. The van der Waals surface area contributed by atoms with E-state index in [1.54, 1.807) is 22.8 Å². The number of unbranched alkanes of at least 4 members (excludes halogenated alkanes) is 1. The van der Waals surface area contributed by atoms with Gasteiger partial charge in [0.1, 0.15) is 0 Å². The number of hydrogen-bond acceptors (Lipinski definition) is 2. The van der Waals surface area contributed by atoms with Crippen molar-refractivity contribution >= 4 is 29.9 Å². The Labute approximate surface area is 149 Å². The van der Waals surface area contributed by atoms with E-state index in [0.717, 1.165) is 31.8 Å². The van der Waals surface area contributed by atoms with Crippen LogP contribution in [0.3, 0.4) is 0 Å². The molecule has 124 valence electrons. The fourth-order valence-electron chi connectivity index (χ4n) is 1.80. The molecule has 0 saturated heterocycles. The Morgan fingerprint density at radius 2 is 2.18 bits per heavy atom. The Morgan fingerprint density at radius 1 is 1.36 bits per heavy atom. The van der Waals surface area contributed by atoms with Crippen LogP contribution in [0.5, 0.6) is 0 Å². The van der Waals surface area contributed by atoms with Gasteiger partial charge in [-0.15, -0.1) is 30.6 Å². The van der Waals surface area contributed by atoms with Gasteiger partial charge in [0.2, 0.25) is 5.56 Å². The van der Waals surface area contributed by atoms with Crippen LogP contribution in [0.25, 0.3) is 0 Å². The molecule has 0 radical (unpaired) electrons. The van der Waals surface area contributed by atoms with Crippen molar-refractivity contribution in [2.24, 2.45) is 4.99 Å². The predicted molar refractivity (Wildman–Crippen MR) is 104 cm³/mol. The molecule has 0 aliphatic heterocycles. The second kappa shape index (κ2) is 13.4. The van der Waals surface area contributed by atoms with Crippen LogP contribution in [0.2, 0.25) is 0 Å². The molecule has 0 atom stereocenters. The zero-order valence-corrected chi connectivity index (χ0v) is 15.6. The summed E-state index contributed by atoms with van der Waals surface area (Å²) in [6.07, 6.45) is 6.72. The lowest BCUT2D eigenvalue weighted by molar-refractivity contribution is 0.627. The van der Waals surface area contributed by atoms with Crippen LogP contribution in [0.1, 0.15) is 26.2 Å². The van der Waals surface area contributed by atoms with Crippen LogP contribution in [-0.4, -0.2) is 30.2 Å². The molecule has 2 N–H and O–H groups in total. The molecule has 0 amide bonds. The van der Waals surface area contributed by atoms with Gasteiger partial charge in [0.15, 0.2) is 5.96 Å². The van der Waals surface area contributed by atoms with Crippen LogP contribution >= 0.6 is 24.0 Å². The van der Waals surface area contributed by atoms with E-state index < -0.39 is 0 Å². The molecular formula is C16H27IN4O. The minimum absolute atomic E-state index is 0. The lowest BCUT2D eigenvalue weighted by Crippen LogP contribution is -2.38. The summed E-state index contributed by atoms with van der Waals surface area (Å²) in [4.78, 5) is 16.1. The van der Waals surface area contributed by atoms with E-state index in [4.69, 9.17) is 0 Å². The third kappa shape index (κ3) is 8.86. The Hall–Kier alpha value is -1.31. The Morgan fingerprint density at radius 3 is 2.86 bits per heavy atom. The lowest BCUT2D eigenvalue weighted by atomic mass is 10.3. The van der Waals surface area contributed by atoms with Crippen LogP contribution < -0.4 is 16.2 Å². The highest BCUT2D eigenvalue weighted by Gasteiger charge is 1.97. The van der Waals surface area contributed by atoms with E-state index in [-0.39, 0.29) is 29.5 Å². The van der Waals surface area contributed by atoms with Crippen molar-refractivity contribution in [2.75, 3.05) is 19.6 Å². The average Bonchev–Trinajstić information content (AvgIpc) is 2.50. The molecule has 0 aliphatic rings. The topological polar surface area (TPSA) is 58.4 Å². The van der Waals surface area contributed by atoms with Crippen LogP contribution in [0.15, 0.2) is 46.8 Å². The van der Waals surface area contributed by atoms with E-state index in [1.165, 1.54) is 0 Å². The van der Waals surface area contributed by atoms with E-state index in [1.807, 2.05) is 12.3 Å². The maximum Gasteiger partial charge on any atom is 0.250 e. The van der Waals surface area contributed by atoms with Gasteiger partial charge in [0.25, 0.3) is 0 Å². The van der Waals surface area contributed by atoms with Crippen molar-refractivity contribution in [2.45, 2.75) is 32.7 Å². The summed E-state index contributed by atoms with van der Waals surface area (Å²) in [6.45, 7) is 8.82. The van der Waals surface area contributed by atoms with Crippen molar-refractivity contribution in [1.82, 2.24) is 15.2 Å². The first-order valence-electron chi connectivity index (χ1n) is 7.56. The largest absolute Gasteiger partial charge is 0.356 e. The van der Waals surface area contributed by atoms with Gasteiger partial charge >= 0.3 is 0 Å². The Bertz CT molecular complexity index is 499. The fourth-order valence-corrected chi connectivity index (χ4v) is 1.80. The van der Waals surface area contributed by atoms with Gasteiger partial charge in [-0.3, -0.25) is 9.79 Å². The highest BCUT2D eigenvalue weighted by molar-refractivity contribution is 14.0. The number of halogens is 1. The quantitative estimate of drug-likeness (QED) is 0.213. The molecule has 1 rings (SSSR count). The standard InChI is InChI=1S/C16H26N4O.HI/c1-3-5-11-18-16(17-10-4-2)19-12-8-14-20-13-7-6-9-15(20)21;/h4,6-7,9,13H,2-3,5,8,10-12,14H2,1H3,(H2,17,18,19);1H. The van der Waals surface area contributed by atoms with Gasteiger partial charge in [0, 0.05) is 38.4 Å². The van der Waals surface area contributed by atoms with Gasteiger partial charge in [-0.05, 0) is 18.9 Å². The normalized spacial score (nSPS) is 10.7. The number of nitrogens with zero attached hydrogens (tertiary/aromatic N) is 2. The third-order valence-electron chi connectivity index (χ3n) is 2.96. The minimum atomic E-state index is 0. The molecule has 5 nitrogen and oxygen atoms in total. The van der Waals surface area contributed by atoms with Crippen molar-refractivity contribution in [3.63, 3.8) is 0 Å². The minimum Gasteiger partial charge on any atom is -0.356 e. The third-order valence-corrected chi connectivity index (χ3v) is 2.96. The highest BCUT2D eigenvalue weighted by Crippen LogP contribution is 1.89. The molecule has 1 aromatic heterocycles. The summed E-state index contributed by atoms with van der Waals surface area (Å²) in [7, 11) is 0. The zero-order chi connectivity index (χ0) is 15.3. The molecule has 0 unspecified atom stereocenters. The summed E-state index contributed by atoms with van der Waals surface area (Å²) in [5, 5.41) is 6.48. The van der Waals surface area contributed by atoms with Crippen LogP contribution in [0, 0.1) is 0 Å². The monoisotopic (exact) mass is 418 g/mol. The molecule has 22 heavy (non-hydrogen) atoms. The van der Waals surface area contributed by atoms with Crippen molar-refractivity contribution in [1.29, 1.82) is 0 Å². The molecule has 6 heteroatoms. The van der Waals surface area contributed by atoms with Gasteiger partial charge < -0.3 is 15.2 Å². The number of pyridine rings is 1. The summed E-state index contributed by atoms with van der Waals surface area (Å²) < 4.78 is 1.71. The number of aryl methyl sites for hydroxylation is 1. The van der Waals surface area contributed by atoms with E-state index in [2.05, 4.69) is 29.1 Å². The molecule has 0 aromatic carbocycles. The zero-order valence-electron chi connectivity index (χ0n) is 13.3. The first-order chi connectivity index (χ1) is 10.3. The number of rotatable bonds is 9. The van der Waals surface area contributed by atoms with Crippen molar-refractivity contribution in [3.8, 4) is 0 Å². The van der Waals surface area contributed by atoms with Gasteiger partial charge in [-0.1, -0.05) is 25.5 Å². The van der Waals surface area contributed by atoms with Crippen molar-refractivity contribution in [3.05, 3.63) is 47.4 Å². The Balaban J connectivity index is 0.00000441. The molecule has 1 heterocycles. The SMILES string of the molecule is C=CCNC(=NCCCn1ccccc1=O)NCCCC.I. The summed E-state index contributed by atoms with van der Waals surface area (Å²) in [6, 6.07) is 5.20. The summed E-state index contributed by atoms with van der Waals surface area (Å²) >= 11 is 0. The number of aliphatic imine (C=N–C) groups is 1. The Kier molecular flexibility index (Phi) is 12.6. The van der Waals surface area contributed by atoms with Gasteiger partial charge in [0.05, 0.1) is 0 Å². The van der Waals surface area contributed by atoms with Crippen LogP contribution in [0.4, 0.5) is 0 Å². The second-order valence-corrected chi connectivity index (χ2v) is 4.77. The second-order valence-electron chi connectivity index (χ2n) is 4.77. The smallest absolute Gasteiger partial charge is 0.250 e. The molecule has 0 aliphatic carbocycles. The van der Waals surface area contributed by atoms with E-state index in [0.29, 0.717) is 19.6 Å². The van der Waals surface area contributed by atoms with Crippen molar-refractivity contribution < 1.29 is 0 Å². The first kappa shape index (κ1) is 20.7. The summed E-state index contributed by atoms with van der Waals surface area (Å²) in [5.41, 5.74) is 0.0348. The van der Waals surface area contributed by atoms with E-state index in [9.17, 15) is 4.79 Å². The molecule has 1 aromatic rings. The maximum absolute atomic E-state index is 11.6. The molecule has 0 bridgehead atoms. The molecular weight excluding hydrogens is 391 g/mol. The number of guanidine groups is 1. The van der Waals surface area contributed by atoms with Gasteiger partial charge in [-0.25, -0.2) is 0 Å². The fraction of sp³-hybridized carbons (Fsp3) is 0.500. The van der Waals surface area contributed by atoms with Gasteiger partial charge in [-0.2, -0.15) is 0 Å². The summed E-state index contributed by atoms with van der Waals surface area (Å²) in [5.74, 6) is 0.809. The molecule has 0 fully saturated rings. The van der Waals surface area contributed by atoms with E-state index >= 15 is 0 Å².